The number of benzene rings is 2. The van der Waals surface area contributed by atoms with Gasteiger partial charge in [-0.25, -0.2) is 0 Å². The molecule has 0 bridgehead atoms. The van der Waals surface area contributed by atoms with Crippen molar-refractivity contribution in [3.05, 3.63) is 47.0 Å². The van der Waals surface area contributed by atoms with Gasteiger partial charge >= 0.3 is 0 Å². The molecular formula is C20H25NO4. The summed E-state index contributed by atoms with van der Waals surface area (Å²) in [5.74, 6) is 1.37. The summed E-state index contributed by atoms with van der Waals surface area (Å²) in [7, 11) is 5.23. The molecule has 2 aromatic rings. The summed E-state index contributed by atoms with van der Waals surface area (Å²) in [4.78, 5) is 2.32. The van der Waals surface area contributed by atoms with Crippen molar-refractivity contribution in [2.45, 2.75) is 25.3 Å². The Morgan fingerprint density at radius 3 is 2.44 bits per heavy atom. The van der Waals surface area contributed by atoms with Crippen molar-refractivity contribution >= 4 is 0 Å². The highest BCUT2D eigenvalue weighted by atomic mass is 16.5. The van der Waals surface area contributed by atoms with Crippen molar-refractivity contribution in [1.29, 1.82) is 0 Å². The summed E-state index contributed by atoms with van der Waals surface area (Å²) in [6, 6.07) is 9.54. The molecule has 5 heteroatoms. The number of hydrogen-bond acceptors (Lipinski definition) is 5. The lowest BCUT2D eigenvalue weighted by Crippen LogP contribution is -2.32. The van der Waals surface area contributed by atoms with Gasteiger partial charge in [0.1, 0.15) is 0 Å². The number of likely N-dealkylation sites (N-methyl/N-ethyl adjacent to an activating group) is 1. The van der Waals surface area contributed by atoms with Gasteiger partial charge in [0.25, 0.3) is 0 Å². The molecular weight excluding hydrogens is 318 g/mol. The number of rotatable bonds is 5. The molecule has 0 aromatic heterocycles. The van der Waals surface area contributed by atoms with Gasteiger partial charge < -0.3 is 19.7 Å². The van der Waals surface area contributed by atoms with Crippen molar-refractivity contribution in [1.82, 2.24) is 4.90 Å². The van der Waals surface area contributed by atoms with Crippen molar-refractivity contribution < 1.29 is 19.7 Å². The normalized spacial score (nSPS) is 17.2. The number of aryl methyl sites for hydroxylation is 1. The second-order valence-electron chi connectivity index (χ2n) is 6.51. The monoisotopic (exact) mass is 343 g/mol. The van der Waals surface area contributed by atoms with Gasteiger partial charge in [0.05, 0.1) is 14.2 Å². The highest BCUT2D eigenvalue weighted by Crippen LogP contribution is 2.39. The molecule has 1 atom stereocenters. The minimum atomic E-state index is 0.166. The number of methoxy groups -OCH3 is 2. The molecule has 0 radical (unpaired) electrons. The fourth-order valence-electron chi connectivity index (χ4n) is 3.58. The largest absolute Gasteiger partial charge is 0.504 e. The highest BCUT2D eigenvalue weighted by Gasteiger charge is 2.26. The summed E-state index contributed by atoms with van der Waals surface area (Å²) in [5, 5.41) is 20.1. The van der Waals surface area contributed by atoms with E-state index < -0.39 is 0 Å². The van der Waals surface area contributed by atoms with E-state index in [9.17, 15) is 10.2 Å². The molecule has 1 heterocycles. The van der Waals surface area contributed by atoms with Crippen LogP contribution in [0.15, 0.2) is 30.3 Å². The van der Waals surface area contributed by atoms with Gasteiger partial charge in [0, 0.05) is 12.6 Å². The quantitative estimate of drug-likeness (QED) is 0.872. The fourth-order valence-corrected chi connectivity index (χ4v) is 3.58. The Morgan fingerprint density at radius 2 is 1.76 bits per heavy atom. The lowest BCUT2D eigenvalue weighted by atomic mass is 9.89. The minimum absolute atomic E-state index is 0.166. The van der Waals surface area contributed by atoms with E-state index >= 15 is 0 Å². The molecule has 25 heavy (non-hydrogen) atoms. The van der Waals surface area contributed by atoms with E-state index in [0.29, 0.717) is 11.5 Å². The maximum atomic E-state index is 10.2. The van der Waals surface area contributed by atoms with Crippen molar-refractivity contribution in [2.75, 3.05) is 27.8 Å². The standard InChI is InChI=1S/C20H25NO4/c1-21-9-8-14-11-20(25-3)18(23)12-15(14)16(21)6-4-13-5-7-19(24-2)17(22)10-13/h5,7,10-12,16,22-23H,4,6,8-9H2,1-3H3/t16-/m0/s1. The molecule has 0 fully saturated rings. The second-order valence-corrected chi connectivity index (χ2v) is 6.51. The maximum absolute atomic E-state index is 10.2. The van der Waals surface area contributed by atoms with Crippen LogP contribution in [0.3, 0.4) is 0 Å². The zero-order valence-corrected chi connectivity index (χ0v) is 15.0. The SMILES string of the molecule is COc1ccc(CC[C@H]2c3cc(O)c(OC)cc3CCN2C)cc1O. The lowest BCUT2D eigenvalue weighted by Gasteiger charge is -2.35. The van der Waals surface area contributed by atoms with E-state index in [2.05, 4.69) is 11.9 Å². The van der Waals surface area contributed by atoms with Crippen molar-refractivity contribution in [3.63, 3.8) is 0 Å². The summed E-state index contributed by atoms with van der Waals surface area (Å²) in [6.07, 6.45) is 2.68. The fraction of sp³-hybridized carbons (Fsp3) is 0.400. The van der Waals surface area contributed by atoms with Crippen LogP contribution in [0.5, 0.6) is 23.0 Å². The Balaban J connectivity index is 1.81. The average Bonchev–Trinajstić information content (AvgIpc) is 2.60. The van der Waals surface area contributed by atoms with Crippen LogP contribution in [0.1, 0.15) is 29.2 Å². The summed E-state index contributed by atoms with van der Waals surface area (Å²) in [5.41, 5.74) is 3.46. The molecule has 0 amide bonds. The number of phenols is 2. The number of aromatic hydroxyl groups is 2. The van der Waals surface area contributed by atoms with Gasteiger partial charge in [-0.2, -0.15) is 0 Å². The number of phenolic OH excluding ortho intramolecular Hbond substituents is 2. The lowest BCUT2D eigenvalue weighted by molar-refractivity contribution is 0.218. The highest BCUT2D eigenvalue weighted by molar-refractivity contribution is 5.49. The van der Waals surface area contributed by atoms with Gasteiger partial charge in [-0.15, -0.1) is 0 Å². The Morgan fingerprint density at radius 1 is 1.04 bits per heavy atom. The van der Waals surface area contributed by atoms with Crippen LogP contribution in [0.2, 0.25) is 0 Å². The molecule has 3 rings (SSSR count). The zero-order chi connectivity index (χ0) is 18.0. The van der Waals surface area contributed by atoms with Crippen LogP contribution in [0.4, 0.5) is 0 Å². The molecule has 0 saturated carbocycles. The second kappa shape index (κ2) is 7.23. The third-order valence-electron chi connectivity index (χ3n) is 5.02. The third kappa shape index (κ3) is 3.51. The van der Waals surface area contributed by atoms with Gasteiger partial charge in [0.15, 0.2) is 23.0 Å². The zero-order valence-electron chi connectivity index (χ0n) is 15.0. The Hall–Kier alpha value is -2.40. The van der Waals surface area contributed by atoms with Crippen LogP contribution in [-0.4, -0.2) is 42.9 Å². The van der Waals surface area contributed by atoms with E-state index in [1.807, 2.05) is 18.2 Å². The average molecular weight is 343 g/mol. The van der Waals surface area contributed by atoms with E-state index in [1.165, 1.54) is 5.56 Å². The Bertz CT molecular complexity index is 760. The molecule has 2 N–H and O–H groups in total. The predicted octanol–water partition coefficient (Wildman–Crippen LogP) is 3.28. The minimum Gasteiger partial charge on any atom is -0.504 e. The predicted molar refractivity (Wildman–Crippen MR) is 96.7 cm³/mol. The first-order valence-corrected chi connectivity index (χ1v) is 8.49. The third-order valence-corrected chi connectivity index (χ3v) is 5.02. The van der Waals surface area contributed by atoms with Gasteiger partial charge in [-0.05, 0) is 67.3 Å². The molecule has 2 aromatic carbocycles. The summed E-state index contributed by atoms with van der Waals surface area (Å²) >= 11 is 0. The molecule has 0 spiro atoms. The molecule has 1 aliphatic heterocycles. The molecule has 0 unspecified atom stereocenters. The van der Waals surface area contributed by atoms with E-state index in [0.717, 1.165) is 36.9 Å². The van der Waals surface area contributed by atoms with Crippen molar-refractivity contribution in [2.24, 2.45) is 0 Å². The first kappa shape index (κ1) is 17.4. The molecule has 134 valence electrons. The van der Waals surface area contributed by atoms with E-state index in [4.69, 9.17) is 9.47 Å². The van der Waals surface area contributed by atoms with E-state index in [1.54, 1.807) is 26.4 Å². The summed E-state index contributed by atoms with van der Waals surface area (Å²) < 4.78 is 10.3. The molecule has 0 saturated heterocycles. The van der Waals surface area contributed by atoms with Crippen LogP contribution in [-0.2, 0) is 12.8 Å². The first-order valence-electron chi connectivity index (χ1n) is 8.49. The van der Waals surface area contributed by atoms with Gasteiger partial charge in [0.2, 0.25) is 0 Å². The summed E-state index contributed by atoms with van der Waals surface area (Å²) in [6.45, 7) is 0.972. The number of hydrogen-bond donors (Lipinski definition) is 2. The van der Waals surface area contributed by atoms with Gasteiger partial charge in [-0.3, -0.25) is 4.90 Å². The Kier molecular flexibility index (Phi) is 5.04. The van der Waals surface area contributed by atoms with Crippen LogP contribution < -0.4 is 9.47 Å². The number of ether oxygens (including phenoxy) is 2. The molecule has 0 aliphatic carbocycles. The smallest absolute Gasteiger partial charge is 0.160 e. The first-order chi connectivity index (χ1) is 12.0. The topological polar surface area (TPSA) is 62.2 Å². The van der Waals surface area contributed by atoms with Gasteiger partial charge in [-0.1, -0.05) is 6.07 Å². The maximum Gasteiger partial charge on any atom is 0.160 e. The van der Waals surface area contributed by atoms with Crippen LogP contribution >= 0.6 is 0 Å². The number of nitrogens with zero attached hydrogens (tertiary/aromatic N) is 1. The molecule has 1 aliphatic rings. The van der Waals surface area contributed by atoms with Crippen molar-refractivity contribution in [3.8, 4) is 23.0 Å². The van der Waals surface area contributed by atoms with E-state index in [-0.39, 0.29) is 17.5 Å². The number of fused-ring (bicyclic) bond motifs is 1. The van der Waals surface area contributed by atoms with Crippen LogP contribution in [0.25, 0.3) is 0 Å². The van der Waals surface area contributed by atoms with Crippen LogP contribution in [0, 0.1) is 0 Å². The molecule has 5 nitrogen and oxygen atoms in total. The Labute approximate surface area is 148 Å².